The van der Waals surface area contributed by atoms with Gasteiger partial charge in [0.05, 0.1) is 13.2 Å². The predicted molar refractivity (Wildman–Crippen MR) is 104 cm³/mol. The number of aliphatic hydroxyl groups excluding tert-OH is 1. The molecule has 0 aliphatic heterocycles. The summed E-state index contributed by atoms with van der Waals surface area (Å²) < 4.78 is 5.37. The van der Waals surface area contributed by atoms with Crippen LogP contribution in [0, 0.1) is 0 Å². The molecule has 2 amide bonds. The molecule has 0 rings (SSSR count). The molecular weight excluding hydrogens is 350 g/mol. The van der Waals surface area contributed by atoms with Crippen LogP contribution in [0.1, 0.15) is 27.2 Å². The highest BCUT2D eigenvalue weighted by atomic mass is 16.5. The van der Waals surface area contributed by atoms with Crippen molar-refractivity contribution >= 4 is 11.8 Å². The molecule has 1 unspecified atom stereocenters. The van der Waals surface area contributed by atoms with E-state index in [1.54, 1.807) is 39.0 Å². The van der Waals surface area contributed by atoms with Gasteiger partial charge in [-0.2, -0.15) is 0 Å². The lowest BCUT2D eigenvalue weighted by Gasteiger charge is -2.29. The van der Waals surface area contributed by atoms with Gasteiger partial charge < -0.3 is 20.9 Å². The van der Waals surface area contributed by atoms with E-state index in [0.29, 0.717) is 25.2 Å². The zero-order valence-corrected chi connectivity index (χ0v) is 16.1. The Morgan fingerprint density at radius 2 is 1.81 bits per heavy atom. The molecule has 0 fully saturated rings. The van der Waals surface area contributed by atoms with Crippen molar-refractivity contribution in [2.75, 3.05) is 19.8 Å². The number of ether oxygens (including phenoxy) is 1. The molecule has 0 radical (unpaired) electrons. The second-order valence-electron chi connectivity index (χ2n) is 6.26. The number of rotatable bonds is 12. The third-order valence-electron chi connectivity index (χ3n) is 3.37. The Balaban J connectivity index is 4.52. The van der Waals surface area contributed by atoms with Gasteiger partial charge in [-0.25, -0.2) is 5.48 Å². The molecule has 0 saturated carbocycles. The van der Waals surface area contributed by atoms with E-state index in [2.05, 4.69) is 5.32 Å². The van der Waals surface area contributed by atoms with Crippen LogP contribution in [0.25, 0.3) is 0 Å². The number of carbonyl (C=O) groups is 2. The molecule has 27 heavy (non-hydrogen) atoms. The van der Waals surface area contributed by atoms with E-state index in [1.165, 1.54) is 5.48 Å². The molecule has 0 aliphatic carbocycles. The lowest BCUT2D eigenvalue weighted by Crippen LogP contribution is -2.61. The number of nitrogens with one attached hydrogen (secondary N) is 2. The number of allylic oxidation sites excluding steroid dienone is 3. The Morgan fingerprint density at radius 1 is 1.19 bits per heavy atom. The maximum Gasteiger partial charge on any atom is 0.267 e. The van der Waals surface area contributed by atoms with Crippen LogP contribution in [0.15, 0.2) is 48.1 Å². The second-order valence-corrected chi connectivity index (χ2v) is 6.26. The van der Waals surface area contributed by atoms with Crippen LogP contribution in [0.4, 0.5) is 0 Å². The van der Waals surface area contributed by atoms with Gasteiger partial charge in [0.15, 0.2) is 0 Å². The van der Waals surface area contributed by atoms with Gasteiger partial charge in [-0.15, -0.1) is 0 Å². The number of hydrogen-bond acceptors (Lipinski definition) is 6. The molecule has 8 heteroatoms. The summed E-state index contributed by atoms with van der Waals surface area (Å²) in [6.45, 7) is 5.66. The van der Waals surface area contributed by atoms with Crippen molar-refractivity contribution in [3.8, 4) is 0 Å². The van der Waals surface area contributed by atoms with E-state index in [0.717, 1.165) is 0 Å². The summed E-state index contributed by atoms with van der Waals surface area (Å²) in [5.41, 5.74) is 6.66. The standard InChI is InChI=1S/C19H31N3O5/c1-4-15(11-10-14-27-13-9-7-5-6-8-12-23)17(24)21-16(18(25)22-26)19(2,3)20/h4-7,9-11,16,23,26H,8,12-14,20H2,1-3H3,(H,21,24)(H,22,25)/b6-5+,9-7+,11-10-,15-4+. The van der Waals surface area contributed by atoms with Gasteiger partial charge >= 0.3 is 0 Å². The first-order valence-electron chi connectivity index (χ1n) is 8.64. The highest BCUT2D eigenvalue weighted by molar-refractivity contribution is 5.99. The maximum atomic E-state index is 12.3. The van der Waals surface area contributed by atoms with Gasteiger partial charge in [0, 0.05) is 17.7 Å². The largest absolute Gasteiger partial charge is 0.396 e. The fourth-order valence-electron chi connectivity index (χ4n) is 1.93. The molecule has 0 aliphatic rings. The Labute approximate surface area is 160 Å². The average molecular weight is 381 g/mol. The molecule has 0 aromatic carbocycles. The Hall–Kier alpha value is -2.26. The van der Waals surface area contributed by atoms with E-state index < -0.39 is 23.4 Å². The first-order chi connectivity index (χ1) is 12.8. The number of nitrogens with two attached hydrogens (primary N) is 1. The minimum atomic E-state index is -1.10. The SMILES string of the molecule is C/C=C(\C=C/COC/C=C/C=C/CCO)C(=O)NC(C(=O)NO)C(C)(C)N. The van der Waals surface area contributed by atoms with Crippen LogP contribution < -0.4 is 16.5 Å². The summed E-state index contributed by atoms with van der Waals surface area (Å²) in [7, 11) is 0. The van der Waals surface area contributed by atoms with Gasteiger partial charge in [0.1, 0.15) is 6.04 Å². The Morgan fingerprint density at radius 3 is 2.37 bits per heavy atom. The van der Waals surface area contributed by atoms with Crippen LogP contribution in [-0.4, -0.2) is 53.5 Å². The molecule has 0 heterocycles. The summed E-state index contributed by atoms with van der Waals surface area (Å²) >= 11 is 0. The normalized spacial score (nSPS) is 14.2. The fourth-order valence-corrected chi connectivity index (χ4v) is 1.93. The lowest BCUT2D eigenvalue weighted by molar-refractivity contribution is -0.135. The number of hydroxylamine groups is 1. The van der Waals surface area contributed by atoms with Gasteiger partial charge in [0.25, 0.3) is 11.8 Å². The summed E-state index contributed by atoms with van der Waals surface area (Å²) in [4.78, 5) is 24.0. The molecular formula is C19H31N3O5. The first-order valence-corrected chi connectivity index (χ1v) is 8.64. The molecule has 0 saturated heterocycles. The van der Waals surface area contributed by atoms with E-state index in [-0.39, 0.29) is 6.61 Å². The molecule has 0 spiro atoms. The predicted octanol–water partition coefficient (Wildman–Crippen LogP) is 0.728. The average Bonchev–Trinajstić information content (AvgIpc) is 2.62. The van der Waals surface area contributed by atoms with Crippen molar-refractivity contribution in [1.29, 1.82) is 0 Å². The summed E-state index contributed by atoms with van der Waals surface area (Å²) in [6, 6.07) is -1.10. The third kappa shape index (κ3) is 11.1. The minimum absolute atomic E-state index is 0.126. The molecule has 0 aromatic rings. The quantitative estimate of drug-likeness (QED) is 0.111. The summed E-state index contributed by atoms with van der Waals surface area (Å²) in [5.74, 6) is -1.28. The van der Waals surface area contributed by atoms with Gasteiger partial charge in [-0.3, -0.25) is 14.8 Å². The van der Waals surface area contributed by atoms with Gasteiger partial charge in [-0.1, -0.05) is 42.5 Å². The van der Waals surface area contributed by atoms with E-state index >= 15 is 0 Å². The van der Waals surface area contributed by atoms with Crippen LogP contribution in [0.2, 0.25) is 0 Å². The van der Waals surface area contributed by atoms with Crippen molar-refractivity contribution in [1.82, 2.24) is 10.8 Å². The van der Waals surface area contributed by atoms with Crippen molar-refractivity contribution in [3.63, 3.8) is 0 Å². The molecule has 8 nitrogen and oxygen atoms in total. The van der Waals surface area contributed by atoms with Gasteiger partial charge in [0.2, 0.25) is 0 Å². The Bertz CT molecular complexity index is 574. The molecule has 6 N–H and O–H groups in total. The Kier molecular flexibility index (Phi) is 12.7. The van der Waals surface area contributed by atoms with Crippen LogP contribution in [0.5, 0.6) is 0 Å². The number of aliphatic hydroxyl groups is 1. The van der Waals surface area contributed by atoms with E-state index in [4.69, 9.17) is 20.8 Å². The number of carbonyl (C=O) groups excluding carboxylic acids is 2. The molecule has 0 aromatic heterocycles. The second kappa shape index (κ2) is 13.9. The smallest absolute Gasteiger partial charge is 0.267 e. The topological polar surface area (TPSA) is 134 Å². The fraction of sp³-hybridized carbons (Fsp3) is 0.474. The lowest BCUT2D eigenvalue weighted by atomic mass is 9.95. The monoisotopic (exact) mass is 381 g/mol. The van der Waals surface area contributed by atoms with Gasteiger partial charge in [-0.05, 0) is 27.2 Å². The molecule has 0 bridgehead atoms. The summed E-state index contributed by atoms with van der Waals surface area (Å²) in [6.07, 6.45) is 12.8. The first kappa shape index (κ1) is 24.7. The zero-order valence-electron chi connectivity index (χ0n) is 16.1. The molecule has 1 atom stereocenters. The third-order valence-corrected chi connectivity index (χ3v) is 3.37. The number of hydrogen-bond donors (Lipinski definition) is 5. The van der Waals surface area contributed by atoms with E-state index in [9.17, 15) is 9.59 Å². The van der Waals surface area contributed by atoms with E-state index in [1.807, 2.05) is 24.3 Å². The van der Waals surface area contributed by atoms with Crippen LogP contribution >= 0.6 is 0 Å². The van der Waals surface area contributed by atoms with Crippen molar-refractivity contribution < 1.29 is 24.6 Å². The highest BCUT2D eigenvalue weighted by Crippen LogP contribution is 2.07. The maximum absolute atomic E-state index is 12.3. The van der Waals surface area contributed by atoms with Crippen LogP contribution in [0.3, 0.4) is 0 Å². The summed E-state index contributed by atoms with van der Waals surface area (Å²) in [5, 5.41) is 19.9. The minimum Gasteiger partial charge on any atom is -0.396 e. The number of amides is 2. The van der Waals surface area contributed by atoms with Crippen molar-refractivity contribution in [2.24, 2.45) is 5.73 Å². The van der Waals surface area contributed by atoms with Crippen molar-refractivity contribution in [3.05, 3.63) is 48.1 Å². The highest BCUT2D eigenvalue weighted by Gasteiger charge is 2.33. The van der Waals surface area contributed by atoms with Crippen molar-refractivity contribution in [2.45, 2.75) is 38.8 Å². The zero-order chi connectivity index (χ0) is 20.7. The molecule has 152 valence electrons. The van der Waals surface area contributed by atoms with Crippen LogP contribution in [-0.2, 0) is 14.3 Å².